The third kappa shape index (κ3) is 8.18. The van der Waals surface area contributed by atoms with Gasteiger partial charge in [-0.1, -0.05) is 36.4 Å². The summed E-state index contributed by atoms with van der Waals surface area (Å²) in [5.41, 5.74) is 8.28. The Morgan fingerprint density at radius 1 is 1.23 bits per heavy atom. The zero-order chi connectivity index (χ0) is 21.9. The number of hydrazine groups is 1. The molecule has 1 aliphatic heterocycles. The van der Waals surface area contributed by atoms with Crippen molar-refractivity contribution in [2.24, 2.45) is 17.5 Å². The van der Waals surface area contributed by atoms with E-state index in [2.05, 4.69) is 50.4 Å². The molecule has 0 radical (unpaired) electrons. The monoisotopic (exact) mass is 473 g/mol. The Balaban J connectivity index is 0.000000469. The third-order valence-electron chi connectivity index (χ3n) is 4.91. The molecule has 0 unspecified atom stereocenters. The molecule has 6 nitrogen and oxygen atoms in total. The van der Waals surface area contributed by atoms with Gasteiger partial charge in [0, 0.05) is 36.4 Å². The summed E-state index contributed by atoms with van der Waals surface area (Å²) < 4.78 is 0.933. The van der Waals surface area contributed by atoms with E-state index >= 15 is 0 Å². The maximum Gasteiger partial charge on any atom is 0.227 e. The van der Waals surface area contributed by atoms with Crippen molar-refractivity contribution in [1.29, 1.82) is 0 Å². The van der Waals surface area contributed by atoms with E-state index in [1.165, 1.54) is 16.8 Å². The molecular weight excluding hydrogens is 442 g/mol. The minimum absolute atomic E-state index is 0.101. The van der Waals surface area contributed by atoms with Crippen LogP contribution in [0.3, 0.4) is 0 Å². The average Bonchev–Trinajstić information content (AvgIpc) is 2.72. The lowest BCUT2D eigenvalue weighted by molar-refractivity contribution is -0.121. The van der Waals surface area contributed by atoms with Crippen molar-refractivity contribution < 1.29 is 4.79 Å². The number of nitrogens with two attached hydrogens (primary N) is 2. The Labute approximate surface area is 188 Å². The Bertz CT molecular complexity index is 818. The second-order valence-corrected chi connectivity index (χ2v) is 8.37. The van der Waals surface area contributed by atoms with Crippen LogP contribution in [0.15, 0.2) is 65.4 Å². The van der Waals surface area contributed by atoms with Gasteiger partial charge in [-0.05, 0) is 72.0 Å². The Kier molecular flexibility index (Phi) is 9.86. The first-order chi connectivity index (χ1) is 14.4. The number of benzene rings is 2. The molecule has 1 amide bonds. The number of hydrogen-bond acceptors (Lipinski definition) is 5. The van der Waals surface area contributed by atoms with E-state index in [-0.39, 0.29) is 11.8 Å². The van der Waals surface area contributed by atoms with E-state index in [0.717, 1.165) is 48.2 Å². The van der Waals surface area contributed by atoms with Crippen LogP contribution in [0.4, 0.5) is 5.69 Å². The van der Waals surface area contributed by atoms with Crippen molar-refractivity contribution in [3.8, 4) is 0 Å². The van der Waals surface area contributed by atoms with Crippen molar-refractivity contribution >= 4 is 27.5 Å². The van der Waals surface area contributed by atoms with E-state index in [4.69, 9.17) is 11.6 Å². The van der Waals surface area contributed by atoms with Crippen LogP contribution >= 0.6 is 15.9 Å². The molecule has 1 heterocycles. The summed E-state index contributed by atoms with van der Waals surface area (Å²) >= 11 is 3.51. The summed E-state index contributed by atoms with van der Waals surface area (Å²) in [7, 11) is 1.70. The molecule has 0 bridgehead atoms. The summed E-state index contributed by atoms with van der Waals surface area (Å²) in [5.74, 6) is 5.31. The fourth-order valence-corrected chi connectivity index (χ4v) is 3.65. The van der Waals surface area contributed by atoms with E-state index in [9.17, 15) is 4.79 Å². The van der Waals surface area contributed by atoms with Crippen LogP contribution in [0.2, 0.25) is 0 Å². The van der Waals surface area contributed by atoms with Crippen LogP contribution in [0, 0.1) is 12.8 Å². The van der Waals surface area contributed by atoms with Gasteiger partial charge in [0.2, 0.25) is 5.91 Å². The van der Waals surface area contributed by atoms with E-state index in [1.54, 1.807) is 13.2 Å². The van der Waals surface area contributed by atoms with E-state index < -0.39 is 0 Å². The third-order valence-corrected chi connectivity index (χ3v) is 5.60. The van der Waals surface area contributed by atoms with Gasteiger partial charge < -0.3 is 16.1 Å². The van der Waals surface area contributed by atoms with Gasteiger partial charge in [0.15, 0.2) is 0 Å². The normalized spacial score (nSPS) is 14.8. The number of hydrogen-bond donors (Lipinski definition) is 3. The van der Waals surface area contributed by atoms with Crippen molar-refractivity contribution in [1.82, 2.24) is 9.91 Å². The number of carbonyl (C=O) groups excluding carboxylic acids is 1. The molecule has 1 aliphatic rings. The molecule has 0 aromatic heterocycles. The molecule has 0 aliphatic carbocycles. The smallest absolute Gasteiger partial charge is 0.227 e. The van der Waals surface area contributed by atoms with Gasteiger partial charge in [-0.3, -0.25) is 9.69 Å². The Morgan fingerprint density at radius 2 is 1.90 bits per heavy atom. The molecule has 0 saturated carbocycles. The van der Waals surface area contributed by atoms with Crippen LogP contribution in [0.25, 0.3) is 0 Å². The number of nitrogens with zero attached hydrogens (tertiary/aromatic N) is 2. The van der Waals surface area contributed by atoms with Crippen molar-refractivity contribution in [3.63, 3.8) is 0 Å². The highest BCUT2D eigenvalue weighted by Crippen LogP contribution is 2.26. The van der Waals surface area contributed by atoms with E-state index in [0.29, 0.717) is 0 Å². The van der Waals surface area contributed by atoms with Gasteiger partial charge in [0.25, 0.3) is 0 Å². The summed E-state index contributed by atoms with van der Waals surface area (Å²) in [5, 5.41) is 4.46. The van der Waals surface area contributed by atoms with Crippen molar-refractivity contribution in [3.05, 3.63) is 76.5 Å². The zero-order valence-electron chi connectivity index (χ0n) is 17.7. The lowest BCUT2D eigenvalue weighted by atomic mass is 9.95. The SMILES string of the molecule is CN(N)/C=C\N.Cc1ccc(Br)c(NC(=O)C2CCN(Cc3ccccc3)CC2)c1. The topological polar surface area (TPSA) is 87.6 Å². The zero-order valence-corrected chi connectivity index (χ0v) is 19.3. The standard InChI is InChI=1S/C20H23BrN2O.C3H9N3/c1-15-7-8-18(21)19(13-15)22-20(24)17-9-11-23(12-10-17)14-16-5-3-2-4-6-16;1-6(5)3-2-4/h2-8,13,17H,9-12,14H2,1H3,(H,22,24);2-3H,4-5H2,1H3/b;3-2-. The number of likely N-dealkylation sites (tertiary alicyclic amines) is 1. The predicted octanol–water partition coefficient (Wildman–Crippen LogP) is 3.83. The van der Waals surface area contributed by atoms with Crippen molar-refractivity contribution in [2.75, 3.05) is 25.5 Å². The van der Waals surface area contributed by atoms with Gasteiger partial charge in [0.1, 0.15) is 0 Å². The fraction of sp³-hybridized carbons (Fsp3) is 0.348. The first-order valence-electron chi connectivity index (χ1n) is 10.1. The maximum absolute atomic E-state index is 12.5. The number of nitrogens with one attached hydrogen (secondary N) is 1. The molecule has 7 heteroatoms. The predicted molar refractivity (Wildman–Crippen MR) is 127 cm³/mol. The molecule has 162 valence electrons. The number of amides is 1. The Morgan fingerprint density at radius 3 is 2.47 bits per heavy atom. The van der Waals surface area contributed by atoms with E-state index in [1.807, 2.05) is 31.2 Å². The lowest BCUT2D eigenvalue weighted by Gasteiger charge is -2.31. The summed E-state index contributed by atoms with van der Waals surface area (Å²) in [4.78, 5) is 15.0. The quantitative estimate of drug-likeness (QED) is 0.453. The molecule has 1 saturated heterocycles. The van der Waals surface area contributed by atoms with Crippen LogP contribution in [-0.2, 0) is 11.3 Å². The number of carbonyl (C=O) groups is 1. The van der Waals surface area contributed by atoms with Crippen LogP contribution in [0.1, 0.15) is 24.0 Å². The van der Waals surface area contributed by atoms with Gasteiger partial charge in [-0.15, -0.1) is 0 Å². The lowest BCUT2D eigenvalue weighted by Crippen LogP contribution is -2.37. The maximum atomic E-state index is 12.5. The Hall–Kier alpha value is -2.35. The van der Waals surface area contributed by atoms with Gasteiger partial charge in [-0.25, -0.2) is 5.84 Å². The summed E-state index contributed by atoms with van der Waals surface area (Å²) in [6, 6.07) is 16.5. The minimum Gasteiger partial charge on any atom is -0.403 e. The first-order valence-corrected chi connectivity index (χ1v) is 10.9. The number of halogens is 1. The first kappa shape index (κ1) is 23.9. The number of aryl methyl sites for hydroxylation is 1. The highest BCUT2D eigenvalue weighted by molar-refractivity contribution is 9.10. The van der Waals surface area contributed by atoms with Gasteiger partial charge >= 0.3 is 0 Å². The molecule has 0 atom stereocenters. The largest absolute Gasteiger partial charge is 0.403 e. The number of anilines is 1. The van der Waals surface area contributed by atoms with Crippen LogP contribution in [0.5, 0.6) is 0 Å². The molecular formula is C23H32BrN5O. The molecule has 0 spiro atoms. The second kappa shape index (κ2) is 12.4. The molecule has 5 N–H and O–H groups in total. The van der Waals surface area contributed by atoms with Crippen LogP contribution in [-0.4, -0.2) is 36.0 Å². The molecule has 1 fully saturated rings. The number of piperidine rings is 1. The second-order valence-electron chi connectivity index (χ2n) is 7.52. The molecule has 30 heavy (non-hydrogen) atoms. The molecule has 3 rings (SSSR count). The highest BCUT2D eigenvalue weighted by atomic mass is 79.9. The van der Waals surface area contributed by atoms with Gasteiger partial charge in [-0.2, -0.15) is 0 Å². The van der Waals surface area contributed by atoms with Gasteiger partial charge in [0.05, 0.1) is 5.69 Å². The minimum atomic E-state index is 0.101. The molecule has 2 aromatic rings. The fourth-order valence-electron chi connectivity index (χ4n) is 3.30. The van der Waals surface area contributed by atoms with Crippen LogP contribution < -0.4 is 16.9 Å². The summed E-state index contributed by atoms with van der Waals surface area (Å²) in [6.45, 7) is 4.95. The number of rotatable bonds is 5. The summed E-state index contributed by atoms with van der Waals surface area (Å²) in [6.07, 6.45) is 4.77. The van der Waals surface area contributed by atoms with Crippen molar-refractivity contribution in [2.45, 2.75) is 26.3 Å². The average molecular weight is 474 g/mol. The highest BCUT2D eigenvalue weighted by Gasteiger charge is 2.25. The molecule has 2 aromatic carbocycles.